The first-order valence-corrected chi connectivity index (χ1v) is 9.57. The second kappa shape index (κ2) is 6.24. The van der Waals surface area contributed by atoms with Gasteiger partial charge in [0.2, 0.25) is 10.0 Å². The number of carboxylic acid groups (broad SMARTS) is 1. The monoisotopic (exact) mass is 317 g/mol. The van der Waals surface area contributed by atoms with Gasteiger partial charge in [-0.1, -0.05) is 33.1 Å². The van der Waals surface area contributed by atoms with Gasteiger partial charge in [-0.25, -0.2) is 8.42 Å². The average Bonchev–Trinajstić information content (AvgIpc) is 2.37. The lowest BCUT2D eigenvalue weighted by Gasteiger charge is -2.43. The van der Waals surface area contributed by atoms with Gasteiger partial charge in [0, 0.05) is 6.54 Å². The number of rotatable bonds is 4. The molecule has 2 aliphatic rings. The van der Waals surface area contributed by atoms with Crippen LogP contribution in [0.5, 0.6) is 0 Å². The third-order valence-electron chi connectivity index (χ3n) is 4.99. The molecule has 1 unspecified atom stereocenters. The Bertz CT molecular complexity index is 480. The number of carboxylic acids is 1. The molecule has 2 fully saturated rings. The Hall–Kier alpha value is -0.620. The number of hydrogen-bond acceptors (Lipinski definition) is 3. The highest BCUT2D eigenvalue weighted by Crippen LogP contribution is 2.37. The third kappa shape index (κ3) is 3.77. The van der Waals surface area contributed by atoms with Crippen molar-refractivity contribution in [2.45, 2.75) is 64.8 Å². The molecule has 1 atom stereocenters. The SMILES string of the molecule is CC1(C)CCCN(S(=O)(=O)CC2CCCCC2)C1C(=O)O. The summed E-state index contributed by atoms with van der Waals surface area (Å²) in [5.74, 6) is -0.706. The van der Waals surface area contributed by atoms with Crippen LogP contribution in [-0.4, -0.2) is 42.1 Å². The Balaban J connectivity index is 2.18. The number of nitrogens with zero attached hydrogens (tertiary/aromatic N) is 1. The summed E-state index contributed by atoms with van der Waals surface area (Å²) in [5.41, 5.74) is -0.510. The molecule has 1 saturated carbocycles. The fraction of sp³-hybridized carbons (Fsp3) is 0.933. The zero-order valence-corrected chi connectivity index (χ0v) is 13.9. The van der Waals surface area contributed by atoms with E-state index in [1.807, 2.05) is 13.8 Å². The van der Waals surface area contributed by atoms with E-state index in [4.69, 9.17) is 0 Å². The van der Waals surface area contributed by atoms with Crippen LogP contribution in [-0.2, 0) is 14.8 Å². The van der Waals surface area contributed by atoms with E-state index in [0.29, 0.717) is 6.54 Å². The Morgan fingerprint density at radius 3 is 2.38 bits per heavy atom. The standard InChI is InChI=1S/C15H27NO4S/c1-15(2)9-6-10-16(13(15)14(17)18)21(19,20)11-12-7-4-3-5-8-12/h12-13H,3-11H2,1-2H3,(H,17,18). The summed E-state index contributed by atoms with van der Waals surface area (Å²) < 4.78 is 26.7. The van der Waals surface area contributed by atoms with Crippen LogP contribution in [0.15, 0.2) is 0 Å². The number of aliphatic carboxylic acids is 1. The highest BCUT2D eigenvalue weighted by molar-refractivity contribution is 7.89. The largest absolute Gasteiger partial charge is 0.480 e. The zero-order chi connectivity index (χ0) is 15.7. The van der Waals surface area contributed by atoms with Gasteiger partial charge >= 0.3 is 5.97 Å². The molecular weight excluding hydrogens is 290 g/mol. The molecule has 1 N–H and O–H groups in total. The number of piperidine rings is 1. The van der Waals surface area contributed by atoms with Crippen molar-refractivity contribution in [1.29, 1.82) is 0 Å². The molecule has 0 bridgehead atoms. The molecule has 0 amide bonds. The lowest BCUT2D eigenvalue weighted by Crippen LogP contribution is -2.57. The maximum Gasteiger partial charge on any atom is 0.322 e. The molecule has 0 aromatic heterocycles. The molecule has 21 heavy (non-hydrogen) atoms. The van der Waals surface area contributed by atoms with Crippen molar-refractivity contribution in [2.75, 3.05) is 12.3 Å². The van der Waals surface area contributed by atoms with Crippen molar-refractivity contribution in [1.82, 2.24) is 4.31 Å². The van der Waals surface area contributed by atoms with Crippen molar-refractivity contribution in [3.63, 3.8) is 0 Å². The maximum atomic E-state index is 12.7. The zero-order valence-electron chi connectivity index (χ0n) is 13.0. The van der Waals surface area contributed by atoms with Gasteiger partial charge in [0.15, 0.2) is 0 Å². The summed E-state index contributed by atoms with van der Waals surface area (Å²) in [4.78, 5) is 11.6. The van der Waals surface area contributed by atoms with Gasteiger partial charge in [0.05, 0.1) is 5.75 Å². The quantitative estimate of drug-likeness (QED) is 0.864. The van der Waals surface area contributed by atoms with E-state index in [1.54, 1.807) is 0 Å². The van der Waals surface area contributed by atoms with Crippen molar-refractivity contribution >= 4 is 16.0 Å². The normalized spacial score (nSPS) is 28.4. The molecule has 0 spiro atoms. The van der Waals surface area contributed by atoms with Gasteiger partial charge < -0.3 is 5.11 Å². The summed E-state index contributed by atoms with van der Waals surface area (Å²) in [6.45, 7) is 4.05. The van der Waals surface area contributed by atoms with Crippen LogP contribution in [0, 0.1) is 11.3 Å². The Kier molecular flexibility index (Phi) is 4.98. The van der Waals surface area contributed by atoms with E-state index in [1.165, 1.54) is 10.7 Å². The van der Waals surface area contributed by atoms with E-state index in [9.17, 15) is 18.3 Å². The van der Waals surface area contributed by atoms with Gasteiger partial charge in [-0.3, -0.25) is 4.79 Å². The molecule has 1 heterocycles. The lowest BCUT2D eigenvalue weighted by atomic mass is 9.77. The smallest absolute Gasteiger partial charge is 0.322 e. The van der Waals surface area contributed by atoms with Gasteiger partial charge in [0.1, 0.15) is 6.04 Å². The Labute approximate surface area is 127 Å². The van der Waals surface area contributed by atoms with Crippen molar-refractivity contribution in [3.8, 4) is 0 Å². The second-order valence-electron chi connectivity index (χ2n) is 7.23. The molecule has 1 aliphatic carbocycles. The molecule has 2 rings (SSSR count). The molecule has 0 radical (unpaired) electrons. The van der Waals surface area contributed by atoms with E-state index < -0.39 is 27.4 Å². The molecule has 1 aliphatic heterocycles. The number of hydrogen-bond donors (Lipinski definition) is 1. The van der Waals surface area contributed by atoms with Gasteiger partial charge in [0.25, 0.3) is 0 Å². The van der Waals surface area contributed by atoms with E-state index in [0.717, 1.165) is 38.5 Å². The fourth-order valence-electron chi connectivity index (χ4n) is 3.85. The minimum absolute atomic E-state index is 0.118. The summed E-state index contributed by atoms with van der Waals surface area (Å²) >= 11 is 0. The number of carbonyl (C=O) groups is 1. The Morgan fingerprint density at radius 2 is 1.81 bits per heavy atom. The summed E-state index contributed by atoms with van der Waals surface area (Å²) in [6, 6.07) is -0.931. The lowest BCUT2D eigenvalue weighted by molar-refractivity contribution is -0.147. The van der Waals surface area contributed by atoms with E-state index >= 15 is 0 Å². The van der Waals surface area contributed by atoms with Crippen LogP contribution in [0.3, 0.4) is 0 Å². The van der Waals surface area contributed by atoms with Crippen LogP contribution in [0.25, 0.3) is 0 Å². The predicted molar refractivity (Wildman–Crippen MR) is 81.5 cm³/mol. The summed E-state index contributed by atoms with van der Waals surface area (Å²) in [7, 11) is -3.50. The first-order chi connectivity index (χ1) is 9.74. The van der Waals surface area contributed by atoms with Crippen molar-refractivity contribution in [3.05, 3.63) is 0 Å². The van der Waals surface area contributed by atoms with Gasteiger partial charge in [-0.2, -0.15) is 4.31 Å². The second-order valence-corrected chi connectivity index (χ2v) is 9.19. The van der Waals surface area contributed by atoms with Crippen LogP contribution >= 0.6 is 0 Å². The third-order valence-corrected chi connectivity index (χ3v) is 6.99. The molecule has 1 saturated heterocycles. The van der Waals surface area contributed by atoms with Crippen LogP contribution in [0.2, 0.25) is 0 Å². The van der Waals surface area contributed by atoms with Crippen molar-refractivity contribution in [2.24, 2.45) is 11.3 Å². The summed E-state index contributed by atoms with van der Waals surface area (Å²) in [6.07, 6.45) is 6.76. The topological polar surface area (TPSA) is 74.7 Å². The first-order valence-electron chi connectivity index (χ1n) is 7.96. The molecule has 122 valence electrons. The average molecular weight is 317 g/mol. The minimum atomic E-state index is -3.50. The van der Waals surface area contributed by atoms with Crippen molar-refractivity contribution < 1.29 is 18.3 Å². The summed E-state index contributed by atoms with van der Waals surface area (Å²) in [5, 5.41) is 9.51. The Morgan fingerprint density at radius 1 is 1.19 bits per heavy atom. The fourth-order valence-corrected chi connectivity index (χ4v) is 6.08. The molecule has 0 aromatic rings. The highest BCUT2D eigenvalue weighted by atomic mass is 32.2. The number of sulfonamides is 1. The molecule has 6 heteroatoms. The maximum absolute atomic E-state index is 12.7. The highest BCUT2D eigenvalue weighted by Gasteiger charge is 2.47. The first kappa shape index (κ1) is 16.7. The van der Waals surface area contributed by atoms with Crippen LogP contribution in [0.1, 0.15) is 58.8 Å². The molecular formula is C15H27NO4S. The van der Waals surface area contributed by atoms with Crippen LogP contribution < -0.4 is 0 Å². The van der Waals surface area contributed by atoms with Gasteiger partial charge in [-0.15, -0.1) is 0 Å². The molecule has 5 nitrogen and oxygen atoms in total. The van der Waals surface area contributed by atoms with Crippen LogP contribution in [0.4, 0.5) is 0 Å². The minimum Gasteiger partial charge on any atom is -0.480 e. The van der Waals surface area contributed by atoms with E-state index in [2.05, 4.69) is 0 Å². The molecule has 0 aromatic carbocycles. The predicted octanol–water partition coefficient (Wildman–Crippen LogP) is 2.47. The van der Waals surface area contributed by atoms with Gasteiger partial charge in [-0.05, 0) is 37.0 Å². The van der Waals surface area contributed by atoms with E-state index in [-0.39, 0.29) is 11.7 Å².